The third kappa shape index (κ3) is 4.58. The standard InChI is InChI=1S/C14H29N3O/c1-4-9-17(13-11-15-12-13)10-7-8-14(18)16(5-2)6-3/h13,15H,4-12H2,1-3H3. The van der Waals surface area contributed by atoms with E-state index >= 15 is 0 Å². The van der Waals surface area contributed by atoms with Crippen molar-refractivity contribution in [2.45, 2.75) is 46.1 Å². The molecule has 1 aliphatic rings. The Bertz CT molecular complexity index is 237. The van der Waals surface area contributed by atoms with Crippen molar-refractivity contribution < 1.29 is 4.79 Å². The Hall–Kier alpha value is -0.610. The van der Waals surface area contributed by atoms with Gasteiger partial charge in [0.2, 0.25) is 5.91 Å². The molecule has 4 nitrogen and oxygen atoms in total. The fourth-order valence-electron chi connectivity index (χ4n) is 2.46. The summed E-state index contributed by atoms with van der Waals surface area (Å²) in [4.78, 5) is 16.4. The number of hydrogen-bond donors (Lipinski definition) is 1. The molecule has 1 aliphatic heterocycles. The molecule has 1 heterocycles. The fraction of sp³-hybridized carbons (Fsp3) is 0.929. The van der Waals surface area contributed by atoms with E-state index in [9.17, 15) is 4.79 Å². The molecule has 0 radical (unpaired) electrons. The lowest BCUT2D eigenvalue weighted by Gasteiger charge is -2.38. The second kappa shape index (κ2) is 8.48. The summed E-state index contributed by atoms with van der Waals surface area (Å²) < 4.78 is 0. The van der Waals surface area contributed by atoms with Gasteiger partial charge in [-0.25, -0.2) is 0 Å². The molecule has 0 atom stereocenters. The molecule has 0 aromatic rings. The molecule has 1 rings (SSSR count). The van der Waals surface area contributed by atoms with E-state index in [0.29, 0.717) is 18.4 Å². The maximum atomic E-state index is 11.9. The van der Waals surface area contributed by atoms with Crippen molar-refractivity contribution in [2.24, 2.45) is 0 Å². The van der Waals surface area contributed by atoms with E-state index in [1.807, 2.05) is 18.7 Å². The van der Waals surface area contributed by atoms with Gasteiger partial charge in [-0.15, -0.1) is 0 Å². The Morgan fingerprint density at radius 1 is 1.17 bits per heavy atom. The van der Waals surface area contributed by atoms with Gasteiger partial charge in [0.05, 0.1) is 0 Å². The third-order valence-electron chi connectivity index (χ3n) is 3.74. The van der Waals surface area contributed by atoms with Gasteiger partial charge in [-0.05, 0) is 39.8 Å². The number of nitrogens with one attached hydrogen (secondary N) is 1. The van der Waals surface area contributed by atoms with E-state index < -0.39 is 0 Å². The molecule has 0 saturated carbocycles. The van der Waals surface area contributed by atoms with Crippen molar-refractivity contribution in [2.75, 3.05) is 39.3 Å². The number of rotatable bonds is 9. The first-order chi connectivity index (χ1) is 8.72. The minimum atomic E-state index is 0.309. The predicted molar refractivity (Wildman–Crippen MR) is 75.7 cm³/mol. The minimum absolute atomic E-state index is 0.309. The monoisotopic (exact) mass is 255 g/mol. The Balaban J connectivity index is 2.23. The van der Waals surface area contributed by atoms with Crippen molar-refractivity contribution in [1.29, 1.82) is 0 Å². The number of carbonyl (C=O) groups is 1. The van der Waals surface area contributed by atoms with E-state index in [-0.39, 0.29) is 0 Å². The van der Waals surface area contributed by atoms with E-state index in [4.69, 9.17) is 0 Å². The van der Waals surface area contributed by atoms with Gasteiger partial charge in [-0.3, -0.25) is 9.69 Å². The van der Waals surface area contributed by atoms with Crippen molar-refractivity contribution in [3.63, 3.8) is 0 Å². The summed E-state index contributed by atoms with van der Waals surface area (Å²) >= 11 is 0. The van der Waals surface area contributed by atoms with Crippen molar-refractivity contribution in [1.82, 2.24) is 15.1 Å². The van der Waals surface area contributed by atoms with E-state index in [0.717, 1.165) is 45.7 Å². The molecule has 0 spiro atoms. The van der Waals surface area contributed by atoms with E-state index in [1.165, 1.54) is 6.42 Å². The smallest absolute Gasteiger partial charge is 0.222 e. The molecular formula is C14H29N3O. The second-order valence-corrected chi connectivity index (χ2v) is 5.02. The molecule has 0 aromatic carbocycles. The maximum Gasteiger partial charge on any atom is 0.222 e. The maximum absolute atomic E-state index is 11.9. The third-order valence-corrected chi connectivity index (χ3v) is 3.74. The van der Waals surface area contributed by atoms with Crippen LogP contribution in [-0.4, -0.2) is 61.0 Å². The van der Waals surface area contributed by atoms with Gasteiger partial charge in [0.25, 0.3) is 0 Å². The first kappa shape index (κ1) is 15.4. The highest BCUT2D eigenvalue weighted by Gasteiger charge is 2.23. The molecule has 0 unspecified atom stereocenters. The normalized spacial score (nSPS) is 15.8. The summed E-state index contributed by atoms with van der Waals surface area (Å²) in [6.07, 6.45) is 2.88. The zero-order valence-corrected chi connectivity index (χ0v) is 12.2. The van der Waals surface area contributed by atoms with Crippen LogP contribution >= 0.6 is 0 Å². The largest absolute Gasteiger partial charge is 0.343 e. The summed E-state index contributed by atoms with van der Waals surface area (Å²) in [6.45, 7) is 12.4. The zero-order valence-electron chi connectivity index (χ0n) is 12.2. The Morgan fingerprint density at radius 2 is 1.83 bits per heavy atom. The molecule has 18 heavy (non-hydrogen) atoms. The molecule has 0 aliphatic carbocycles. The quantitative estimate of drug-likeness (QED) is 0.675. The first-order valence-electron chi connectivity index (χ1n) is 7.45. The molecular weight excluding hydrogens is 226 g/mol. The fourth-order valence-corrected chi connectivity index (χ4v) is 2.46. The molecule has 106 valence electrons. The average Bonchev–Trinajstić information content (AvgIpc) is 2.28. The Kier molecular flexibility index (Phi) is 7.28. The van der Waals surface area contributed by atoms with Gasteiger partial charge in [0, 0.05) is 38.6 Å². The summed E-state index contributed by atoms with van der Waals surface area (Å²) in [6, 6.07) is 0.702. The van der Waals surface area contributed by atoms with Crippen LogP contribution in [0.25, 0.3) is 0 Å². The molecule has 1 saturated heterocycles. The number of amides is 1. The molecule has 4 heteroatoms. The summed E-state index contributed by atoms with van der Waals surface area (Å²) in [5.41, 5.74) is 0. The lowest BCUT2D eigenvalue weighted by molar-refractivity contribution is -0.131. The van der Waals surface area contributed by atoms with Crippen LogP contribution in [0.1, 0.15) is 40.0 Å². The molecule has 1 N–H and O–H groups in total. The van der Waals surface area contributed by atoms with Crippen LogP contribution in [0.15, 0.2) is 0 Å². The Morgan fingerprint density at radius 3 is 2.28 bits per heavy atom. The van der Waals surface area contributed by atoms with Crippen LogP contribution in [-0.2, 0) is 4.79 Å². The van der Waals surface area contributed by atoms with Crippen LogP contribution in [0.4, 0.5) is 0 Å². The Labute approximate surface area is 112 Å². The SMILES string of the molecule is CCCN(CCCC(=O)N(CC)CC)C1CNC1. The van der Waals surface area contributed by atoms with Gasteiger partial charge < -0.3 is 10.2 Å². The molecule has 0 bridgehead atoms. The van der Waals surface area contributed by atoms with Gasteiger partial charge in [-0.2, -0.15) is 0 Å². The van der Waals surface area contributed by atoms with Gasteiger partial charge in [0.15, 0.2) is 0 Å². The molecule has 1 amide bonds. The van der Waals surface area contributed by atoms with Gasteiger partial charge in [-0.1, -0.05) is 6.92 Å². The predicted octanol–water partition coefficient (Wildman–Crippen LogP) is 1.32. The summed E-state index contributed by atoms with van der Waals surface area (Å²) in [5.74, 6) is 0.309. The highest BCUT2D eigenvalue weighted by Crippen LogP contribution is 2.08. The topological polar surface area (TPSA) is 35.6 Å². The summed E-state index contributed by atoms with van der Waals surface area (Å²) in [7, 11) is 0. The number of carbonyl (C=O) groups excluding carboxylic acids is 1. The lowest BCUT2D eigenvalue weighted by atomic mass is 10.1. The van der Waals surface area contributed by atoms with Crippen LogP contribution < -0.4 is 5.32 Å². The second-order valence-electron chi connectivity index (χ2n) is 5.02. The number of hydrogen-bond acceptors (Lipinski definition) is 3. The zero-order chi connectivity index (χ0) is 13.4. The van der Waals surface area contributed by atoms with Gasteiger partial charge in [0.1, 0.15) is 0 Å². The minimum Gasteiger partial charge on any atom is -0.343 e. The van der Waals surface area contributed by atoms with Crippen molar-refractivity contribution in [3.05, 3.63) is 0 Å². The first-order valence-corrected chi connectivity index (χ1v) is 7.45. The van der Waals surface area contributed by atoms with Gasteiger partial charge >= 0.3 is 0 Å². The average molecular weight is 255 g/mol. The van der Waals surface area contributed by atoms with Crippen LogP contribution in [0.5, 0.6) is 0 Å². The van der Waals surface area contributed by atoms with Crippen LogP contribution in [0.2, 0.25) is 0 Å². The van der Waals surface area contributed by atoms with E-state index in [1.54, 1.807) is 0 Å². The highest BCUT2D eigenvalue weighted by molar-refractivity contribution is 5.76. The van der Waals surface area contributed by atoms with Crippen LogP contribution in [0.3, 0.4) is 0 Å². The number of nitrogens with zero attached hydrogens (tertiary/aromatic N) is 2. The molecule has 0 aromatic heterocycles. The highest BCUT2D eigenvalue weighted by atomic mass is 16.2. The summed E-state index contributed by atoms with van der Waals surface area (Å²) in [5, 5.41) is 3.32. The van der Waals surface area contributed by atoms with Crippen molar-refractivity contribution in [3.8, 4) is 0 Å². The lowest BCUT2D eigenvalue weighted by Crippen LogP contribution is -2.57. The van der Waals surface area contributed by atoms with Crippen molar-refractivity contribution >= 4 is 5.91 Å². The van der Waals surface area contributed by atoms with Crippen LogP contribution in [0, 0.1) is 0 Å². The molecule has 1 fully saturated rings. The van der Waals surface area contributed by atoms with E-state index in [2.05, 4.69) is 17.1 Å².